The fourth-order valence-electron chi connectivity index (χ4n) is 3.82. The van der Waals surface area contributed by atoms with E-state index in [1.165, 1.54) is 0 Å². The number of hydrogen-bond acceptors (Lipinski definition) is 4. The largest absolute Gasteiger partial charge is 0.358 e. The Hall–Kier alpha value is -2.77. The van der Waals surface area contributed by atoms with Crippen molar-refractivity contribution >= 4 is 23.0 Å². The Morgan fingerprint density at radius 2 is 2.07 bits per heavy atom. The average Bonchev–Trinajstić information content (AvgIpc) is 3.45. The summed E-state index contributed by atoms with van der Waals surface area (Å²) in [6.07, 6.45) is 3.87. The number of fused-ring (bicyclic) bond motifs is 1. The van der Waals surface area contributed by atoms with Crippen molar-refractivity contribution in [1.82, 2.24) is 25.6 Å². The Bertz CT molecular complexity index is 832. The van der Waals surface area contributed by atoms with Crippen molar-refractivity contribution in [2.45, 2.75) is 44.3 Å². The Balaban J connectivity index is 1.43. The fraction of sp³-hybridized carbons (Fsp3) is 0.526. The minimum Gasteiger partial charge on any atom is -0.358 e. The van der Waals surface area contributed by atoms with Gasteiger partial charge in [0, 0.05) is 31.6 Å². The van der Waals surface area contributed by atoms with Crippen molar-refractivity contribution in [2.24, 2.45) is 0 Å². The van der Waals surface area contributed by atoms with Crippen molar-refractivity contribution in [3.63, 3.8) is 0 Å². The number of likely N-dealkylation sites (tertiary alicyclic amines) is 1. The molecule has 8 heteroatoms. The van der Waals surface area contributed by atoms with Gasteiger partial charge in [-0.15, -0.1) is 0 Å². The van der Waals surface area contributed by atoms with Gasteiger partial charge in [0.2, 0.25) is 0 Å². The van der Waals surface area contributed by atoms with Gasteiger partial charge in [0.15, 0.2) is 5.76 Å². The number of amides is 4. The number of benzene rings is 1. The van der Waals surface area contributed by atoms with E-state index in [-0.39, 0.29) is 24.1 Å². The molecule has 1 aliphatic heterocycles. The van der Waals surface area contributed by atoms with Crippen LogP contribution in [0.3, 0.4) is 0 Å². The smallest absolute Gasteiger partial charge is 0.318 e. The van der Waals surface area contributed by atoms with Crippen molar-refractivity contribution in [3.8, 4) is 0 Å². The molecule has 0 unspecified atom stereocenters. The van der Waals surface area contributed by atoms with E-state index >= 15 is 0 Å². The molecule has 2 fully saturated rings. The first-order valence-corrected chi connectivity index (χ1v) is 9.53. The predicted molar refractivity (Wildman–Crippen MR) is 100 cm³/mol. The second kappa shape index (κ2) is 7.46. The van der Waals surface area contributed by atoms with E-state index in [1.807, 2.05) is 29.2 Å². The van der Waals surface area contributed by atoms with Gasteiger partial charge in [-0.2, -0.15) is 0 Å². The van der Waals surface area contributed by atoms with Crippen molar-refractivity contribution in [1.29, 1.82) is 0 Å². The molecule has 0 radical (unpaired) electrons. The fourth-order valence-corrected chi connectivity index (χ4v) is 3.82. The Labute approximate surface area is 157 Å². The normalized spacial score (nSPS) is 19.7. The van der Waals surface area contributed by atoms with Crippen LogP contribution in [0.15, 0.2) is 28.8 Å². The number of urea groups is 2. The van der Waals surface area contributed by atoms with Gasteiger partial charge in [0.05, 0.1) is 12.6 Å². The number of nitrogens with zero attached hydrogens (tertiary/aromatic N) is 3. The predicted octanol–water partition coefficient (Wildman–Crippen LogP) is 2.31. The molecule has 0 spiro atoms. The summed E-state index contributed by atoms with van der Waals surface area (Å²) in [5, 5.41) is 10.6. The molecule has 2 aromatic rings. The summed E-state index contributed by atoms with van der Waals surface area (Å²) in [5.41, 5.74) is 0.786. The van der Waals surface area contributed by atoms with E-state index in [2.05, 4.69) is 15.8 Å². The van der Waals surface area contributed by atoms with Crippen LogP contribution in [0.5, 0.6) is 0 Å². The summed E-state index contributed by atoms with van der Waals surface area (Å²) in [6, 6.07) is 7.80. The van der Waals surface area contributed by atoms with Crippen LogP contribution in [0.4, 0.5) is 9.59 Å². The highest BCUT2D eigenvalue weighted by Gasteiger charge is 2.39. The van der Waals surface area contributed by atoms with Gasteiger partial charge in [-0.3, -0.25) is 0 Å². The van der Waals surface area contributed by atoms with Gasteiger partial charge >= 0.3 is 12.1 Å². The summed E-state index contributed by atoms with van der Waals surface area (Å²) in [6.45, 7) is 1.61. The zero-order valence-corrected chi connectivity index (χ0v) is 15.5. The summed E-state index contributed by atoms with van der Waals surface area (Å²) in [4.78, 5) is 28.6. The number of rotatable bonds is 4. The van der Waals surface area contributed by atoms with Crippen LogP contribution in [-0.4, -0.2) is 59.2 Å². The topological polar surface area (TPSA) is 90.7 Å². The molecule has 1 atom stereocenters. The maximum absolute atomic E-state index is 12.9. The minimum atomic E-state index is -0.0956. The molecule has 144 valence electrons. The van der Waals surface area contributed by atoms with Crippen LogP contribution in [0.2, 0.25) is 0 Å². The maximum atomic E-state index is 12.9. The molecule has 1 saturated heterocycles. The molecule has 0 bridgehead atoms. The SMILES string of the molecule is CNC(=O)N1CCC[C@@H](N(C(=O)NCc2onc3ccccc23)C2CC2)C1. The molecule has 27 heavy (non-hydrogen) atoms. The minimum absolute atomic E-state index is 0.0509. The first-order chi connectivity index (χ1) is 13.2. The molecule has 1 saturated carbocycles. The molecular weight excluding hydrogens is 346 g/mol. The van der Waals surface area contributed by atoms with E-state index in [1.54, 1.807) is 11.9 Å². The number of carbonyl (C=O) groups excluding carboxylic acids is 2. The molecule has 1 aromatic heterocycles. The Morgan fingerprint density at radius 3 is 2.85 bits per heavy atom. The molecular formula is C19H25N5O3. The van der Waals surface area contributed by atoms with Crippen LogP contribution in [-0.2, 0) is 6.54 Å². The monoisotopic (exact) mass is 371 g/mol. The van der Waals surface area contributed by atoms with E-state index in [0.29, 0.717) is 18.8 Å². The standard InChI is InChI=1S/C19H25N5O3/c1-20-18(25)23-10-4-5-14(12-23)24(13-8-9-13)19(26)21-11-17-15-6-2-3-7-16(15)22-27-17/h2-3,6-7,13-14H,4-5,8-12H2,1H3,(H,20,25)(H,21,26)/t14-/m1/s1. The highest BCUT2D eigenvalue weighted by molar-refractivity contribution is 5.81. The molecule has 2 aliphatic rings. The molecule has 4 amide bonds. The number of aromatic nitrogens is 1. The molecule has 2 N–H and O–H groups in total. The Kier molecular flexibility index (Phi) is 4.87. The van der Waals surface area contributed by atoms with Gasteiger partial charge in [-0.25, -0.2) is 9.59 Å². The summed E-state index contributed by atoms with van der Waals surface area (Å²) in [5.74, 6) is 0.658. The highest BCUT2D eigenvalue weighted by atomic mass is 16.5. The van der Waals surface area contributed by atoms with Gasteiger partial charge in [0.1, 0.15) is 5.52 Å². The van der Waals surface area contributed by atoms with E-state index in [4.69, 9.17) is 4.52 Å². The lowest BCUT2D eigenvalue weighted by Gasteiger charge is -2.39. The molecule has 8 nitrogen and oxygen atoms in total. The van der Waals surface area contributed by atoms with E-state index < -0.39 is 0 Å². The van der Waals surface area contributed by atoms with E-state index in [9.17, 15) is 9.59 Å². The second-order valence-electron chi connectivity index (χ2n) is 7.22. The molecule has 2 heterocycles. The van der Waals surface area contributed by atoms with Crippen LogP contribution < -0.4 is 10.6 Å². The van der Waals surface area contributed by atoms with Gasteiger partial charge in [-0.05, 0) is 37.8 Å². The van der Waals surface area contributed by atoms with Crippen LogP contribution in [0.25, 0.3) is 10.9 Å². The molecule has 1 aliphatic carbocycles. The van der Waals surface area contributed by atoms with Crippen LogP contribution >= 0.6 is 0 Å². The number of nitrogens with one attached hydrogen (secondary N) is 2. The average molecular weight is 371 g/mol. The van der Waals surface area contributed by atoms with Crippen molar-refractivity contribution in [3.05, 3.63) is 30.0 Å². The van der Waals surface area contributed by atoms with Crippen LogP contribution in [0.1, 0.15) is 31.4 Å². The number of carbonyl (C=O) groups is 2. The third-order valence-electron chi connectivity index (χ3n) is 5.32. The number of hydrogen-bond donors (Lipinski definition) is 2. The molecule has 1 aromatic carbocycles. The van der Waals surface area contributed by atoms with Crippen molar-refractivity contribution < 1.29 is 14.1 Å². The quantitative estimate of drug-likeness (QED) is 0.863. The highest BCUT2D eigenvalue weighted by Crippen LogP contribution is 2.31. The summed E-state index contributed by atoms with van der Waals surface area (Å²) in [7, 11) is 1.64. The summed E-state index contributed by atoms with van der Waals surface area (Å²) < 4.78 is 5.39. The van der Waals surface area contributed by atoms with Gasteiger partial charge in [-0.1, -0.05) is 17.3 Å². The first-order valence-electron chi connectivity index (χ1n) is 9.53. The third kappa shape index (κ3) is 3.70. The van der Waals surface area contributed by atoms with Gasteiger partial charge < -0.3 is 25.0 Å². The number of piperidine rings is 1. The third-order valence-corrected chi connectivity index (χ3v) is 5.32. The van der Waals surface area contributed by atoms with E-state index in [0.717, 1.165) is 43.1 Å². The van der Waals surface area contributed by atoms with Crippen LogP contribution in [0, 0.1) is 0 Å². The lowest BCUT2D eigenvalue weighted by atomic mass is 10.0. The summed E-state index contributed by atoms with van der Waals surface area (Å²) >= 11 is 0. The zero-order valence-electron chi connectivity index (χ0n) is 15.5. The Morgan fingerprint density at radius 1 is 1.26 bits per heavy atom. The lowest BCUT2D eigenvalue weighted by Crippen LogP contribution is -2.56. The maximum Gasteiger partial charge on any atom is 0.318 e. The first kappa shape index (κ1) is 17.6. The zero-order chi connectivity index (χ0) is 18.8. The molecule has 4 rings (SSSR count). The van der Waals surface area contributed by atoms with Crippen molar-refractivity contribution in [2.75, 3.05) is 20.1 Å². The van der Waals surface area contributed by atoms with Gasteiger partial charge in [0.25, 0.3) is 0 Å². The lowest BCUT2D eigenvalue weighted by molar-refractivity contribution is 0.115. The second-order valence-corrected chi connectivity index (χ2v) is 7.22.